The molecule has 0 atom stereocenters. The number of ether oxygens (including phenoxy) is 2. The van der Waals surface area contributed by atoms with Crippen LogP contribution in [-0.2, 0) is 26.2 Å². The molecule has 39 heavy (non-hydrogen) atoms. The summed E-state index contributed by atoms with van der Waals surface area (Å²) in [4.78, 5) is 25.1. The first-order chi connectivity index (χ1) is 18.6. The first-order valence-corrected chi connectivity index (χ1v) is 13.6. The quantitative estimate of drug-likeness (QED) is 0.192. The average molecular weight is 531 g/mol. The number of methoxy groups -OCH3 is 1. The second-order valence-electron chi connectivity index (χ2n) is 10.9. The van der Waals surface area contributed by atoms with E-state index in [9.17, 15) is 9.59 Å². The standard InChI is InChI=1S/C33H42N2O4/c1-7-10-26(27-12-8-11-25(21-27)17-20-34-23-30(36)39-32(3,4)5)16-15-24(2)35-31(37)33(18-19-33)28-13-9-14-29(22-28)38-6/h8-16,21-22,34H,2,7,17-20,23H2,1,3-6H3,(H,35,37)/b16-15-,26-10+. The van der Waals surface area contributed by atoms with Crippen LogP contribution >= 0.6 is 0 Å². The molecule has 6 nitrogen and oxygen atoms in total. The van der Waals surface area contributed by atoms with Crippen LogP contribution in [0.5, 0.6) is 5.75 Å². The van der Waals surface area contributed by atoms with Crippen LogP contribution < -0.4 is 15.4 Å². The third-order valence-corrected chi connectivity index (χ3v) is 6.51. The van der Waals surface area contributed by atoms with Crippen molar-refractivity contribution in [1.29, 1.82) is 0 Å². The normalized spacial score (nSPS) is 14.6. The Morgan fingerprint density at radius 3 is 2.49 bits per heavy atom. The van der Waals surface area contributed by atoms with Crippen molar-refractivity contribution >= 4 is 17.4 Å². The summed E-state index contributed by atoms with van der Waals surface area (Å²) in [7, 11) is 1.63. The number of allylic oxidation sites excluding steroid dienone is 4. The summed E-state index contributed by atoms with van der Waals surface area (Å²) in [6, 6.07) is 16.1. The van der Waals surface area contributed by atoms with Gasteiger partial charge in [0.05, 0.1) is 19.1 Å². The largest absolute Gasteiger partial charge is 0.497 e. The van der Waals surface area contributed by atoms with E-state index in [4.69, 9.17) is 9.47 Å². The Labute approximate surface area is 233 Å². The van der Waals surface area contributed by atoms with Crippen LogP contribution in [0.2, 0.25) is 0 Å². The maximum absolute atomic E-state index is 13.2. The van der Waals surface area contributed by atoms with Crippen LogP contribution in [0.25, 0.3) is 5.57 Å². The van der Waals surface area contributed by atoms with Crippen LogP contribution in [0.1, 0.15) is 63.6 Å². The van der Waals surface area contributed by atoms with Crippen LogP contribution in [0.15, 0.2) is 79.0 Å². The lowest BCUT2D eigenvalue weighted by Crippen LogP contribution is -2.33. The molecule has 0 unspecified atom stereocenters. The molecule has 1 fully saturated rings. The smallest absolute Gasteiger partial charge is 0.320 e. The van der Waals surface area contributed by atoms with Gasteiger partial charge in [-0.3, -0.25) is 9.59 Å². The highest BCUT2D eigenvalue weighted by molar-refractivity contribution is 5.92. The van der Waals surface area contributed by atoms with E-state index >= 15 is 0 Å². The van der Waals surface area contributed by atoms with Crippen molar-refractivity contribution in [3.63, 3.8) is 0 Å². The van der Waals surface area contributed by atoms with Gasteiger partial charge in [-0.05, 0) is 93.5 Å². The topological polar surface area (TPSA) is 76.7 Å². The summed E-state index contributed by atoms with van der Waals surface area (Å²) < 4.78 is 10.7. The zero-order valence-corrected chi connectivity index (χ0v) is 23.9. The van der Waals surface area contributed by atoms with Gasteiger partial charge in [0, 0.05) is 5.70 Å². The second kappa shape index (κ2) is 13.4. The van der Waals surface area contributed by atoms with Crippen molar-refractivity contribution in [3.05, 3.63) is 95.7 Å². The fourth-order valence-corrected chi connectivity index (χ4v) is 4.40. The number of hydrogen-bond donors (Lipinski definition) is 2. The zero-order chi connectivity index (χ0) is 28.5. The monoisotopic (exact) mass is 530 g/mol. The fraction of sp³-hybridized carbons (Fsp3) is 0.394. The Balaban J connectivity index is 1.58. The molecule has 0 aliphatic heterocycles. The Hall–Kier alpha value is -3.64. The lowest BCUT2D eigenvalue weighted by Gasteiger charge is -2.19. The molecule has 1 aliphatic rings. The summed E-state index contributed by atoms with van der Waals surface area (Å²) in [5.41, 5.74) is 3.85. The molecule has 2 aromatic rings. The second-order valence-corrected chi connectivity index (χ2v) is 10.9. The van der Waals surface area contributed by atoms with Gasteiger partial charge < -0.3 is 20.1 Å². The summed E-state index contributed by atoms with van der Waals surface area (Å²) in [6.45, 7) is 12.6. The van der Waals surface area contributed by atoms with Crippen molar-refractivity contribution in [1.82, 2.24) is 10.6 Å². The SMILES string of the molecule is C=C(/C=C\C(=C/CC)c1cccc(CCNCC(=O)OC(C)(C)C)c1)NC(=O)C1(c2cccc(OC)c2)CC1. The van der Waals surface area contributed by atoms with Gasteiger partial charge in [-0.1, -0.05) is 62.1 Å². The molecule has 208 valence electrons. The predicted molar refractivity (Wildman–Crippen MR) is 157 cm³/mol. The Morgan fingerprint density at radius 1 is 1.08 bits per heavy atom. The van der Waals surface area contributed by atoms with E-state index < -0.39 is 11.0 Å². The summed E-state index contributed by atoms with van der Waals surface area (Å²) >= 11 is 0. The number of benzene rings is 2. The lowest BCUT2D eigenvalue weighted by molar-refractivity contribution is -0.153. The predicted octanol–water partition coefficient (Wildman–Crippen LogP) is 5.88. The highest BCUT2D eigenvalue weighted by Crippen LogP contribution is 2.49. The first-order valence-electron chi connectivity index (χ1n) is 13.6. The van der Waals surface area contributed by atoms with Gasteiger partial charge in [0.15, 0.2) is 0 Å². The molecule has 0 saturated heterocycles. The van der Waals surface area contributed by atoms with Gasteiger partial charge in [0.2, 0.25) is 5.91 Å². The van der Waals surface area contributed by atoms with Crippen molar-refractivity contribution < 1.29 is 19.1 Å². The maximum atomic E-state index is 13.2. The number of hydrogen-bond acceptors (Lipinski definition) is 5. The molecular weight excluding hydrogens is 488 g/mol. The van der Waals surface area contributed by atoms with Gasteiger partial charge in [-0.25, -0.2) is 0 Å². The minimum absolute atomic E-state index is 0.0349. The van der Waals surface area contributed by atoms with Gasteiger partial charge in [-0.15, -0.1) is 0 Å². The van der Waals surface area contributed by atoms with E-state index in [1.54, 1.807) is 7.11 Å². The van der Waals surface area contributed by atoms with Crippen molar-refractivity contribution in [3.8, 4) is 5.75 Å². The van der Waals surface area contributed by atoms with E-state index in [-0.39, 0.29) is 18.4 Å². The van der Waals surface area contributed by atoms with E-state index in [1.165, 1.54) is 5.56 Å². The molecule has 2 aromatic carbocycles. The van der Waals surface area contributed by atoms with E-state index in [1.807, 2.05) is 63.3 Å². The molecule has 1 aliphatic carbocycles. The van der Waals surface area contributed by atoms with Gasteiger partial charge in [-0.2, -0.15) is 0 Å². The molecule has 3 rings (SSSR count). The number of esters is 1. The Bertz CT molecular complexity index is 1230. The van der Waals surface area contributed by atoms with Crippen LogP contribution in [0, 0.1) is 0 Å². The maximum Gasteiger partial charge on any atom is 0.320 e. The molecule has 6 heteroatoms. The Morgan fingerprint density at radius 2 is 1.82 bits per heavy atom. The molecule has 0 heterocycles. The van der Waals surface area contributed by atoms with Crippen LogP contribution in [0.4, 0.5) is 0 Å². The first kappa shape index (κ1) is 29.9. The number of amides is 1. The summed E-state index contributed by atoms with van der Waals surface area (Å²) in [5, 5.41) is 6.16. The molecular formula is C33H42N2O4. The zero-order valence-electron chi connectivity index (χ0n) is 23.9. The van der Waals surface area contributed by atoms with E-state index in [2.05, 4.69) is 48.4 Å². The number of carbonyl (C=O) groups is 2. The summed E-state index contributed by atoms with van der Waals surface area (Å²) in [5.74, 6) is 0.464. The van der Waals surface area contributed by atoms with Crippen molar-refractivity contribution in [2.45, 2.75) is 64.4 Å². The molecule has 1 saturated carbocycles. The minimum atomic E-state index is -0.515. The summed E-state index contributed by atoms with van der Waals surface area (Å²) in [6.07, 6.45) is 9.29. The minimum Gasteiger partial charge on any atom is -0.497 e. The van der Waals surface area contributed by atoms with Crippen LogP contribution in [0.3, 0.4) is 0 Å². The third-order valence-electron chi connectivity index (χ3n) is 6.51. The highest BCUT2D eigenvalue weighted by atomic mass is 16.6. The number of carbonyl (C=O) groups excluding carboxylic acids is 2. The lowest BCUT2D eigenvalue weighted by atomic mass is 9.94. The molecule has 0 spiro atoms. The highest BCUT2D eigenvalue weighted by Gasteiger charge is 2.51. The fourth-order valence-electron chi connectivity index (χ4n) is 4.40. The van der Waals surface area contributed by atoms with Gasteiger partial charge in [0.1, 0.15) is 11.4 Å². The molecule has 2 N–H and O–H groups in total. The molecule has 1 amide bonds. The number of nitrogens with one attached hydrogen (secondary N) is 2. The van der Waals surface area contributed by atoms with Crippen LogP contribution in [-0.4, -0.2) is 37.7 Å². The third kappa shape index (κ3) is 8.96. The molecule has 0 aromatic heterocycles. The van der Waals surface area contributed by atoms with E-state index in [0.717, 1.165) is 48.1 Å². The van der Waals surface area contributed by atoms with Gasteiger partial charge in [0.25, 0.3) is 0 Å². The molecule has 0 radical (unpaired) electrons. The van der Waals surface area contributed by atoms with Gasteiger partial charge >= 0.3 is 5.97 Å². The van der Waals surface area contributed by atoms with E-state index in [0.29, 0.717) is 12.2 Å². The average Bonchev–Trinajstić information content (AvgIpc) is 3.71. The molecule has 0 bridgehead atoms. The van der Waals surface area contributed by atoms with Crippen molar-refractivity contribution in [2.75, 3.05) is 20.2 Å². The Kier molecular flexibility index (Phi) is 10.3. The van der Waals surface area contributed by atoms with Crippen molar-refractivity contribution in [2.24, 2.45) is 0 Å². The number of rotatable bonds is 13.